The molecule has 1 N–H and O–H groups in total. The van der Waals surface area contributed by atoms with Crippen LogP contribution in [0.15, 0.2) is 23.9 Å². The molecule has 0 saturated heterocycles. The minimum absolute atomic E-state index is 1.06. The summed E-state index contributed by atoms with van der Waals surface area (Å²) in [6, 6.07) is 4.24. The summed E-state index contributed by atoms with van der Waals surface area (Å²) in [6.07, 6.45) is 4.14. The average molecular weight is 172 g/mol. The van der Waals surface area contributed by atoms with Gasteiger partial charge in [0.1, 0.15) is 0 Å². The van der Waals surface area contributed by atoms with Gasteiger partial charge in [0.25, 0.3) is 0 Å². The Labute approximate surface area is 77.7 Å². The van der Waals surface area contributed by atoms with Crippen LogP contribution >= 0.6 is 0 Å². The lowest BCUT2D eigenvalue weighted by Gasteiger charge is -2.15. The molecule has 13 heavy (non-hydrogen) atoms. The van der Waals surface area contributed by atoms with Crippen molar-refractivity contribution in [1.29, 1.82) is 0 Å². The minimum Gasteiger partial charge on any atom is -0.313 e. The Morgan fingerprint density at radius 2 is 2.38 bits per heavy atom. The zero-order chi connectivity index (χ0) is 8.67. The Kier molecular flexibility index (Phi) is 1.49. The van der Waals surface area contributed by atoms with Crippen molar-refractivity contribution < 1.29 is 0 Å². The van der Waals surface area contributed by atoms with E-state index < -0.39 is 0 Å². The van der Waals surface area contributed by atoms with Crippen molar-refractivity contribution in [3.05, 3.63) is 35.2 Å². The van der Waals surface area contributed by atoms with Crippen molar-refractivity contribution in [2.24, 2.45) is 0 Å². The van der Waals surface area contributed by atoms with Gasteiger partial charge in [-0.05, 0) is 35.7 Å². The van der Waals surface area contributed by atoms with E-state index in [9.17, 15) is 0 Å². The first kappa shape index (κ1) is 7.27. The second-order valence-corrected chi connectivity index (χ2v) is 3.68. The number of aromatic nitrogens is 1. The van der Waals surface area contributed by atoms with E-state index in [1.54, 1.807) is 11.1 Å². The van der Waals surface area contributed by atoms with Crippen LogP contribution in [0.4, 0.5) is 0 Å². The monoisotopic (exact) mass is 172 g/mol. The highest BCUT2D eigenvalue weighted by atomic mass is 14.9. The highest BCUT2D eigenvalue weighted by Gasteiger charge is 2.23. The average Bonchev–Trinajstić information content (AvgIpc) is 2.56. The number of rotatable bonds is 0. The van der Waals surface area contributed by atoms with Gasteiger partial charge in [-0.3, -0.25) is 4.98 Å². The molecule has 0 radical (unpaired) electrons. The van der Waals surface area contributed by atoms with Crippen molar-refractivity contribution >= 4 is 5.57 Å². The van der Waals surface area contributed by atoms with Crippen molar-refractivity contribution in [2.75, 3.05) is 13.1 Å². The molecule has 1 aromatic heterocycles. The molecule has 66 valence electrons. The fourth-order valence-corrected chi connectivity index (χ4v) is 2.29. The van der Waals surface area contributed by atoms with Crippen LogP contribution in [0.25, 0.3) is 5.57 Å². The molecule has 2 heterocycles. The number of hydrogen-bond donors (Lipinski definition) is 1. The Morgan fingerprint density at radius 1 is 1.38 bits per heavy atom. The Bertz CT molecular complexity index is 379. The quantitative estimate of drug-likeness (QED) is 0.639. The lowest BCUT2D eigenvalue weighted by molar-refractivity contribution is 0.710. The third-order valence-electron chi connectivity index (χ3n) is 2.91. The first-order valence-corrected chi connectivity index (χ1v) is 4.81. The molecule has 0 saturated carbocycles. The molecular weight excluding hydrogens is 160 g/mol. The first-order chi connectivity index (χ1) is 6.45. The van der Waals surface area contributed by atoms with Gasteiger partial charge in [-0.25, -0.2) is 0 Å². The number of hydrogen-bond acceptors (Lipinski definition) is 2. The molecule has 2 heteroatoms. The van der Waals surface area contributed by atoms with Crippen LogP contribution in [0, 0.1) is 0 Å². The molecule has 0 spiro atoms. The Hall–Kier alpha value is -1.15. The van der Waals surface area contributed by atoms with E-state index in [0.29, 0.717) is 0 Å². The molecule has 2 aliphatic rings. The summed E-state index contributed by atoms with van der Waals surface area (Å²) in [5.74, 6) is 0. The van der Waals surface area contributed by atoms with E-state index in [1.165, 1.54) is 17.7 Å². The molecule has 1 aliphatic heterocycles. The summed E-state index contributed by atoms with van der Waals surface area (Å²) in [7, 11) is 0. The Balaban J connectivity index is 2.12. The second-order valence-electron chi connectivity index (χ2n) is 3.68. The van der Waals surface area contributed by atoms with Gasteiger partial charge in [0.05, 0.1) is 5.69 Å². The summed E-state index contributed by atoms with van der Waals surface area (Å²) >= 11 is 0. The summed E-state index contributed by atoms with van der Waals surface area (Å²) < 4.78 is 0. The number of nitrogens with one attached hydrogen (secondary N) is 1. The van der Waals surface area contributed by atoms with Crippen LogP contribution < -0.4 is 5.32 Å². The summed E-state index contributed by atoms with van der Waals surface area (Å²) in [5, 5.41) is 3.41. The lowest BCUT2D eigenvalue weighted by atomic mass is 10.0. The number of fused-ring (bicyclic) bond motifs is 2. The zero-order valence-electron chi connectivity index (χ0n) is 7.51. The molecule has 0 fully saturated rings. The third kappa shape index (κ3) is 1.02. The van der Waals surface area contributed by atoms with Gasteiger partial charge >= 0.3 is 0 Å². The standard InChI is InChI=1S/C11H12N2/c1-2-10-9-3-5-12-7-8(9)6-11(10)13-4-1/h1-2,4,12H,3,5-7H2. The predicted molar refractivity (Wildman–Crippen MR) is 52.3 cm³/mol. The summed E-state index contributed by atoms with van der Waals surface area (Å²) in [4.78, 5) is 4.41. The summed E-state index contributed by atoms with van der Waals surface area (Å²) in [5.41, 5.74) is 5.79. The highest BCUT2D eigenvalue weighted by molar-refractivity contribution is 5.76. The van der Waals surface area contributed by atoms with Crippen molar-refractivity contribution in [2.45, 2.75) is 12.8 Å². The molecule has 1 aromatic rings. The fraction of sp³-hybridized carbons (Fsp3) is 0.364. The molecule has 0 unspecified atom stereocenters. The van der Waals surface area contributed by atoms with Crippen LogP contribution in [0.1, 0.15) is 17.7 Å². The van der Waals surface area contributed by atoms with Crippen LogP contribution in [0.2, 0.25) is 0 Å². The maximum atomic E-state index is 4.41. The van der Waals surface area contributed by atoms with Crippen molar-refractivity contribution in [3.8, 4) is 0 Å². The van der Waals surface area contributed by atoms with Gasteiger partial charge in [0.2, 0.25) is 0 Å². The maximum Gasteiger partial charge on any atom is 0.0519 e. The van der Waals surface area contributed by atoms with Crippen LogP contribution in [0.5, 0.6) is 0 Å². The smallest absolute Gasteiger partial charge is 0.0519 e. The van der Waals surface area contributed by atoms with E-state index in [4.69, 9.17) is 0 Å². The first-order valence-electron chi connectivity index (χ1n) is 4.81. The largest absolute Gasteiger partial charge is 0.313 e. The molecule has 2 nitrogen and oxygen atoms in total. The lowest BCUT2D eigenvalue weighted by Crippen LogP contribution is -2.23. The van der Waals surface area contributed by atoms with Gasteiger partial charge in [-0.1, -0.05) is 6.07 Å². The van der Waals surface area contributed by atoms with Crippen LogP contribution in [-0.2, 0) is 6.42 Å². The van der Waals surface area contributed by atoms with E-state index >= 15 is 0 Å². The van der Waals surface area contributed by atoms with Crippen molar-refractivity contribution in [3.63, 3.8) is 0 Å². The van der Waals surface area contributed by atoms with Gasteiger partial charge in [0.15, 0.2) is 0 Å². The predicted octanol–water partition coefficient (Wildman–Crippen LogP) is 1.38. The topological polar surface area (TPSA) is 24.9 Å². The van der Waals surface area contributed by atoms with Gasteiger partial charge in [0, 0.05) is 19.2 Å². The van der Waals surface area contributed by atoms with E-state index in [0.717, 1.165) is 19.5 Å². The van der Waals surface area contributed by atoms with E-state index in [-0.39, 0.29) is 0 Å². The van der Waals surface area contributed by atoms with Gasteiger partial charge in [-0.2, -0.15) is 0 Å². The van der Waals surface area contributed by atoms with Crippen molar-refractivity contribution in [1.82, 2.24) is 10.3 Å². The molecule has 3 rings (SSSR count). The molecular formula is C11H12N2. The Morgan fingerprint density at radius 3 is 3.38 bits per heavy atom. The highest BCUT2D eigenvalue weighted by Crippen LogP contribution is 2.34. The van der Waals surface area contributed by atoms with Crippen LogP contribution in [-0.4, -0.2) is 18.1 Å². The maximum absolute atomic E-state index is 4.41. The molecule has 0 atom stereocenters. The second kappa shape index (κ2) is 2.67. The van der Waals surface area contributed by atoms with Gasteiger partial charge < -0.3 is 5.32 Å². The number of nitrogens with zero attached hydrogens (tertiary/aromatic N) is 1. The number of pyridine rings is 1. The summed E-state index contributed by atoms with van der Waals surface area (Å²) in [6.45, 7) is 2.18. The van der Waals surface area contributed by atoms with Crippen LogP contribution in [0.3, 0.4) is 0 Å². The van der Waals surface area contributed by atoms with Gasteiger partial charge in [-0.15, -0.1) is 0 Å². The molecule has 0 amide bonds. The molecule has 1 aliphatic carbocycles. The minimum atomic E-state index is 1.06. The fourth-order valence-electron chi connectivity index (χ4n) is 2.29. The third-order valence-corrected chi connectivity index (χ3v) is 2.91. The molecule has 0 aromatic carbocycles. The van der Waals surface area contributed by atoms with E-state index in [1.807, 2.05) is 12.3 Å². The van der Waals surface area contributed by atoms with E-state index in [2.05, 4.69) is 16.4 Å². The zero-order valence-corrected chi connectivity index (χ0v) is 7.51. The normalized spacial score (nSPS) is 20.0. The SMILES string of the molecule is c1cnc2c(c1)C1=C(CNCC1)C2. The molecule has 0 bridgehead atoms.